The van der Waals surface area contributed by atoms with Gasteiger partial charge in [-0.2, -0.15) is 5.10 Å². The molecule has 0 aromatic carbocycles. The Hall–Kier alpha value is -1.03. The normalized spacial score (nSPS) is 24.5. The lowest BCUT2D eigenvalue weighted by Gasteiger charge is -2.13. The van der Waals surface area contributed by atoms with Crippen LogP contribution >= 0.6 is 0 Å². The summed E-state index contributed by atoms with van der Waals surface area (Å²) in [6, 6.07) is 0. The fourth-order valence-electron chi connectivity index (χ4n) is 2.33. The number of ether oxygens (including phenoxy) is 1. The van der Waals surface area contributed by atoms with Crippen LogP contribution in [-0.4, -0.2) is 28.5 Å². The molecule has 2 unspecified atom stereocenters. The van der Waals surface area contributed by atoms with E-state index in [0.717, 1.165) is 24.3 Å². The SMILES string of the molecule is CC1CCC(CNc2cn(C)nc2C(C)C)O1. The van der Waals surface area contributed by atoms with Crippen molar-refractivity contribution in [1.82, 2.24) is 9.78 Å². The highest BCUT2D eigenvalue weighted by atomic mass is 16.5. The molecule has 96 valence electrons. The van der Waals surface area contributed by atoms with Gasteiger partial charge in [-0.25, -0.2) is 0 Å². The molecule has 1 aliphatic heterocycles. The molecule has 2 heterocycles. The molecular weight excluding hydrogens is 214 g/mol. The molecular formula is C13H23N3O. The first-order valence-corrected chi connectivity index (χ1v) is 6.49. The third kappa shape index (κ3) is 3.00. The number of hydrogen-bond acceptors (Lipinski definition) is 3. The maximum Gasteiger partial charge on any atom is 0.0881 e. The van der Waals surface area contributed by atoms with Gasteiger partial charge in [0, 0.05) is 19.8 Å². The molecule has 4 heteroatoms. The van der Waals surface area contributed by atoms with Crippen LogP contribution in [0.5, 0.6) is 0 Å². The van der Waals surface area contributed by atoms with Crippen molar-refractivity contribution >= 4 is 5.69 Å². The van der Waals surface area contributed by atoms with Crippen molar-refractivity contribution in [1.29, 1.82) is 0 Å². The third-order valence-corrected chi connectivity index (χ3v) is 3.24. The summed E-state index contributed by atoms with van der Waals surface area (Å²) in [5.74, 6) is 0.446. The van der Waals surface area contributed by atoms with Gasteiger partial charge < -0.3 is 10.1 Å². The molecule has 2 atom stereocenters. The van der Waals surface area contributed by atoms with Gasteiger partial charge in [0.1, 0.15) is 0 Å². The van der Waals surface area contributed by atoms with E-state index < -0.39 is 0 Å². The summed E-state index contributed by atoms with van der Waals surface area (Å²) in [5, 5.41) is 7.95. The van der Waals surface area contributed by atoms with E-state index in [2.05, 4.69) is 31.2 Å². The van der Waals surface area contributed by atoms with Crippen LogP contribution in [0.25, 0.3) is 0 Å². The molecule has 1 aromatic rings. The molecule has 0 radical (unpaired) electrons. The van der Waals surface area contributed by atoms with Gasteiger partial charge in [-0.1, -0.05) is 13.8 Å². The number of aryl methyl sites for hydroxylation is 1. The van der Waals surface area contributed by atoms with Crippen molar-refractivity contribution in [2.75, 3.05) is 11.9 Å². The van der Waals surface area contributed by atoms with Crippen LogP contribution in [0.15, 0.2) is 6.20 Å². The van der Waals surface area contributed by atoms with E-state index in [1.165, 1.54) is 6.42 Å². The van der Waals surface area contributed by atoms with Gasteiger partial charge in [0.2, 0.25) is 0 Å². The minimum atomic E-state index is 0.352. The second-order valence-electron chi connectivity index (χ2n) is 5.28. The lowest BCUT2D eigenvalue weighted by atomic mass is 10.1. The molecule has 1 saturated heterocycles. The Balaban J connectivity index is 1.94. The smallest absolute Gasteiger partial charge is 0.0881 e. The number of anilines is 1. The maximum absolute atomic E-state index is 5.80. The van der Waals surface area contributed by atoms with E-state index >= 15 is 0 Å². The minimum Gasteiger partial charge on any atom is -0.380 e. The molecule has 0 bridgehead atoms. The summed E-state index contributed by atoms with van der Waals surface area (Å²) in [5.41, 5.74) is 2.28. The minimum absolute atomic E-state index is 0.352. The Kier molecular flexibility index (Phi) is 3.72. The van der Waals surface area contributed by atoms with Crippen LogP contribution in [0.3, 0.4) is 0 Å². The van der Waals surface area contributed by atoms with Crippen LogP contribution in [0.4, 0.5) is 5.69 Å². The monoisotopic (exact) mass is 237 g/mol. The van der Waals surface area contributed by atoms with Crippen molar-refractivity contribution in [2.45, 2.75) is 51.7 Å². The molecule has 0 aliphatic carbocycles. The second kappa shape index (κ2) is 5.08. The Morgan fingerprint density at radius 2 is 2.29 bits per heavy atom. The zero-order valence-corrected chi connectivity index (χ0v) is 11.2. The average molecular weight is 237 g/mol. The summed E-state index contributed by atoms with van der Waals surface area (Å²) in [4.78, 5) is 0. The molecule has 17 heavy (non-hydrogen) atoms. The van der Waals surface area contributed by atoms with Gasteiger partial charge in [-0.15, -0.1) is 0 Å². The average Bonchev–Trinajstić information content (AvgIpc) is 2.82. The van der Waals surface area contributed by atoms with E-state index in [0.29, 0.717) is 18.1 Å². The number of nitrogens with zero attached hydrogens (tertiary/aromatic N) is 2. The first-order valence-electron chi connectivity index (χ1n) is 6.49. The van der Waals surface area contributed by atoms with Gasteiger partial charge in [-0.3, -0.25) is 4.68 Å². The van der Waals surface area contributed by atoms with Gasteiger partial charge in [-0.05, 0) is 25.7 Å². The molecule has 0 spiro atoms. The summed E-state index contributed by atoms with van der Waals surface area (Å²) in [6.07, 6.45) is 5.15. The fourth-order valence-corrected chi connectivity index (χ4v) is 2.33. The fraction of sp³-hybridized carbons (Fsp3) is 0.769. The van der Waals surface area contributed by atoms with Gasteiger partial charge >= 0.3 is 0 Å². The quantitative estimate of drug-likeness (QED) is 0.874. The summed E-state index contributed by atoms with van der Waals surface area (Å²) < 4.78 is 7.67. The van der Waals surface area contributed by atoms with E-state index in [1.807, 2.05) is 17.9 Å². The Bertz CT molecular complexity index is 373. The van der Waals surface area contributed by atoms with E-state index in [-0.39, 0.29) is 0 Å². The van der Waals surface area contributed by atoms with Crippen LogP contribution < -0.4 is 5.32 Å². The highest BCUT2D eigenvalue weighted by Gasteiger charge is 2.22. The number of nitrogens with one attached hydrogen (secondary N) is 1. The van der Waals surface area contributed by atoms with Crippen molar-refractivity contribution in [3.63, 3.8) is 0 Å². The predicted octanol–water partition coefficient (Wildman–Crippen LogP) is 2.52. The van der Waals surface area contributed by atoms with Gasteiger partial charge in [0.15, 0.2) is 0 Å². The topological polar surface area (TPSA) is 39.1 Å². The molecule has 1 fully saturated rings. The van der Waals surface area contributed by atoms with Crippen molar-refractivity contribution in [2.24, 2.45) is 7.05 Å². The third-order valence-electron chi connectivity index (χ3n) is 3.24. The Morgan fingerprint density at radius 3 is 2.88 bits per heavy atom. The van der Waals surface area contributed by atoms with Crippen LogP contribution in [-0.2, 0) is 11.8 Å². The van der Waals surface area contributed by atoms with Crippen LogP contribution in [0.1, 0.15) is 45.2 Å². The zero-order valence-electron chi connectivity index (χ0n) is 11.2. The highest BCUT2D eigenvalue weighted by molar-refractivity contribution is 5.47. The zero-order chi connectivity index (χ0) is 12.4. The number of aromatic nitrogens is 2. The molecule has 0 saturated carbocycles. The van der Waals surface area contributed by atoms with E-state index in [4.69, 9.17) is 4.74 Å². The van der Waals surface area contributed by atoms with E-state index in [1.54, 1.807) is 0 Å². The lowest BCUT2D eigenvalue weighted by molar-refractivity contribution is 0.0637. The maximum atomic E-state index is 5.80. The summed E-state index contributed by atoms with van der Waals surface area (Å²) in [6.45, 7) is 7.36. The largest absolute Gasteiger partial charge is 0.380 e. The Morgan fingerprint density at radius 1 is 1.53 bits per heavy atom. The molecule has 1 N–H and O–H groups in total. The first kappa shape index (κ1) is 12.4. The second-order valence-corrected chi connectivity index (χ2v) is 5.28. The number of hydrogen-bond donors (Lipinski definition) is 1. The van der Waals surface area contributed by atoms with Gasteiger partial charge in [0.05, 0.1) is 23.6 Å². The lowest BCUT2D eigenvalue weighted by Crippen LogP contribution is -2.20. The van der Waals surface area contributed by atoms with Crippen molar-refractivity contribution < 1.29 is 4.74 Å². The van der Waals surface area contributed by atoms with Crippen molar-refractivity contribution in [3.05, 3.63) is 11.9 Å². The molecule has 0 amide bonds. The highest BCUT2D eigenvalue weighted by Crippen LogP contribution is 2.24. The van der Waals surface area contributed by atoms with E-state index in [9.17, 15) is 0 Å². The molecule has 1 aromatic heterocycles. The molecule has 1 aliphatic rings. The summed E-state index contributed by atoms with van der Waals surface area (Å²) >= 11 is 0. The Labute approximate surface area is 103 Å². The van der Waals surface area contributed by atoms with Crippen LogP contribution in [0.2, 0.25) is 0 Å². The van der Waals surface area contributed by atoms with Gasteiger partial charge in [0.25, 0.3) is 0 Å². The van der Waals surface area contributed by atoms with Crippen molar-refractivity contribution in [3.8, 4) is 0 Å². The number of rotatable bonds is 4. The van der Waals surface area contributed by atoms with Crippen LogP contribution in [0, 0.1) is 0 Å². The predicted molar refractivity (Wildman–Crippen MR) is 69.4 cm³/mol. The standard InChI is InChI=1S/C13H23N3O/c1-9(2)13-12(8-16(4)15-13)14-7-11-6-5-10(3)17-11/h8-11,14H,5-7H2,1-4H3. The first-order chi connectivity index (χ1) is 8.06. The molecule has 2 rings (SSSR count). The summed E-state index contributed by atoms with van der Waals surface area (Å²) in [7, 11) is 1.96. The molecule has 4 nitrogen and oxygen atoms in total.